The van der Waals surface area contributed by atoms with E-state index in [1.54, 1.807) is 13.8 Å². The van der Waals surface area contributed by atoms with Crippen molar-refractivity contribution in [1.29, 1.82) is 0 Å². The Morgan fingerprint density at radius 3 is 2.50 bits per heavy atom. The van der Waals surface area contributed by atoms with Gasteiger partial charge in [-0.2, -0.15) is 13.2 Å². The lowest BCUT2D eigenvalue weighted by Gasteiger charge is -2.31. The molecule has 2 atom stereocenters. The maximum atomic E-state index is 13.8. The minimum absolute atomic E-state index is 0.385. The fourth-order valence-electron chi connectivity index (χ4n) is 3.19. The van der Waals surface area contributed by atoms with Crippen molar-refractivity contribution >= 4 is 0 Å². The average Bonchev–Trinajstić information content (AvgIpc) is 2.83. The number of fused-ring (bicyclic) bond motifs is 1. The van der Waals surface area contributed by atoms with Gasteiger partial charge in [-0.15, -0.1) is 0 Å². The molecule has 22 heavy (non-hydrogen) atoms. The molecule has 2 N–H and O–H groups in total. The van der Waals surface area contributed by atoms with Gasteiger partial charge in [-0.3, -0.25) is 0 Å². The van der Waals surface area contributed by atoms with E-state index in [4.69, 9.17) is 15.2 Å². The molecule has 1 fully saturated rings. The number of hydrogen-bond donors (Lipinski definition) is 1. The molecular formula is C15H17F4NO2. The van der Waals surface area contributed by atoms with E-state index in [0.717, 1.165) is 0 Å². The lowest BCUT2D eigenvalue weighted by Crippen LogP contribution is -2.42. The molecular weight excluding hydrogens is 302 g/mol. The molecule has 1 saturated heterocycles. The second kappa shape index (κ2) is 4.58. The first-order valence-corrected chi connectivity index (χ1v) is 7.03. The van der Waals surface area contributed by atoms with Gasteiger partial charge in [-0.05, 0) is 24.0 Å². The average molecular weight is 319 g/mol. The highest BCUT2D eigenvalue weighted by Gasteiger charge is 2.73. The van der Waals surface area contributed by atoms with Crippen LogP contribution in [-0.2, 0) is 16.6 Å². The first-order valence-electron chi connectivity index (χ1n) is 7.03. The van der Waals surface area contributed by atoms with Crippen molar-refractivity contribution in [1.82, 2.24) is 0 Å². The third-order valence-electron chi connectivity index (χ3n) is 4.40. The largest absolute Gasteiger partial charge is 0.493 e. The van der Waals surface area contributed by atoms with Gasteiger partial charge in [-0.1, -0.05) is 13.8 Å². The molecule has 2 aliphatic rings. The van der Waals surface area contributed by atoms with Gasteiger partial charge in [0.05, 0.1) is 6.61 Å². The van der Waals surface area contributed by atoms with Crippen LogP contribution < -0.4 is 10.5 Å². The number of benzene rings is 1. The van der Waals surface area contributed by atoms with E-state index >= 15 is 0 Å². The van der Waals surface area contributed by atoms with Gasteiger partial charge >= 0.3 is 6.18 Å². The van der Waals surface area contributed by atoms with Crippen LogP contribution in [0.4, 0.5) is 17.6 Å². The van der Waals surface area contributed by atoms with E-state index < -0.39 is 29.2 Å². The van der Waals surface area contributed by atoms with Crippen LogP contribution in [0.25, 0.3) is 0 Å². The second-order valence-electron chi connectivity index (χ2n) is 6.53. The van der Waals surface area contributed by atoms with Gasteiger partial charge in [0.1, 0.15) is 17.8 Å². The fourth-order valence-corrected chi connectivity index (χ4v) is 3.19. The van der Waals surface area contributed by atoms with Gasteiger partial charge in [0.25, 0.3) is 0 Å². The molecule has 0 amide bonds. The lowest BCUT2D eigenvalue weighted by molar-refractivity contribution is -0.189. The van der Waals surface area contributed by atoms with Crippen LogP contribution in [0.1, 0.15) is 31.4 Å². The molecule has 0 radical (unpaired) electrons. The Morgan fingerprint density at radius 2 is 1.95 bits per heavy atom. The summed E-state index contributed by atoms with van der Waals surface area (Å²) in [7, 11) is 0. The van der Waals surface area contributed by atoms with E-state index in [2.05, 4.69) is 0 Å². The van der Waals surface area contributed by atoms with Crippen molar-refractivity contribution in [3.8, 4) is 5.75 Å². The summed E-state index contributed by atoms with van der Waals surface area (Å²) in [6.07, 6.45) is -5.78. The van der Waals surface area contributed by atoms with Crippen LogP contribution in [0.5, 0.6) is 5.75 Å². The zero-order valence-electron chi connectivity index (χ0n) is 12.3. The Labute approximate surface area is 125 Å². The summed E-state index contributed by atoms with van der Waals surface area (Å²) in [5.41, 5.74) is 3.11. The molecule has 0 saturated carbocycles. The first kappa shape index (κ1) is 15.6. The summed E-state index contributed by atoms with van der Waals surface area (Å²) in [6, 6.07) is 2.60. The predicted octanol–water partition coefficient (Wildman–Crippen LogP) is 3.04. The van der Waals surface area contributed by atoms with Crippen molar-refractivity contribution in [2.24, 2.45) is 5.73 Å². The number of rotatable bonds is 3. The van der Waals surface area contributed by atoms with Crippen LogP contribution >= 0.6 is 0 Å². The Balaban J connectivity index is 1.98. The number of hydrogen-bond acceptors (Lipinski definition) is 3. The zero-order valence-corrected chi connectivity index (χ0v) is 12.3. The van der Waals surface area contributed by atoms with Crippen molar-refractivity contribution in [2.45, 2.75) is 50.1 Å². The molecule has 122 valence electrons. The minimum atomic E-state index is -4.57. The molecule has 2 aliphatic heterocycles. The van der Waals surface area contributed by atoms with Crippen LogP contribution in [0.3, 0.4) is 0 Å². The highest BCUT2D eigenvalue weighted by molar-refractivity contribution is 5.48. The van der Waals surface area contributed by atoms with Crippen LogP contribution in [0, 0.1) is 5.82 Å². The standard InChI is InChI=1S/C15H17F4NO2/c1-13(2,7-14(12(20)22-14)15(17,18)19)10-6-9(16)5-8-3-4-21-11(8)10/h5-6,12H,3-4,7,20H2,1-2H3. The van der Waals surface area contributed by atoms with E-state index in [1.165, 1.54) is 12.1 Å². The first-order chi connectivity index (χ1) is 10.1. The summed E-state index contributed by atoms with van der Waals surface area (Å²) < 4.78 is 63.7. The topological polar surface area (TPSA) is 47.8 Å². The number of halogens is 4. The van der Waals surface area contributed by atoms with Crippen LogP contribution in [0.2, 0.25) is 0 Å². The minimum Gasteiger partial charge on any atom is -0.493 e. The molecule has 2 heterocycles. The van der Waals surface area contributed by atoms with E-state index in [1.807, 2.05) is 0 Å². The Hall–Kier alpha value is -1.34. The van der Waals surface area contributed by atoms with E-state index in [9.17, 15) is 17.6 Å². The van der Waals surface area contributed by atoms with Crippen LogP contribution in [-0.4, -0.2) is 24.6 Å². The lowest BCUT2D eigenvalue weighted by atomic mass is 9.75. The third-order valence-corrected chi connectivity index (χ3v) is 4.40. The Morgan fingerprint density at radius 1 is 1.32 bits per heavy atom. The monoisotopic (exact) mass is 319 g/mol. The third kappa shape index (κ3) is 2.27. The van der Waals surface area contributed by atoms with Gasteiger partial charge in [0, 0.05) is 17.5 Å². The fraction of sp³-hybridized carbons (Fsp3) is 0.600. The molecule has 1 aromatic rings. The molecule has 0 aromatic heterocycles. The molecule has 0 bridgehead atoms. The van der Waals surface area contributed by atoms with Crippen LogP contribution in [0.15, 0.2) is 12.1 Å². The molecule has 0 aliphatic carbocycles. The number of epoxide rings is 1. The maximum absolute atomic E-state index is 13.8. The molecule has 7 heteroatoms. The van der Waals surface area contributed by atoms with E-state index in [-0.39, 0.29) is 6.42 Å². The summed E-state index contributed by atoms with van der Waals surface area (Å²) in [6.45, 7) is 3.64. The Kier molecular flexibility index (Phi) is 3.24. The van der Waals surface area contributed by atoms with Gasteiger partial charge < -0.3 is 15.2 Å². The van der Waals surface area contributed by atoms with Gasteiger partial charge in [0.2, 0.25) is 5.60 Å². The highest BCUT2D eigenvalue weighted by Crippen LogP contribution is 2.55. The molecule has 2 unspecified atom stereocenters. The summed E-state index contributed by atoms with van der Waals surface area (Å²) in [5, 5.41) is 0. The normalized spacial score (nSPS) is 27.5. The van der Waals surface area contributed by atoms with Crippen molar-refractivity contribution in [3.05, 3.63) is 29.1 Å². The van der Waals surface area contributed by atoms with Gasteiger partial charge in [0.15, 0.2) is 0 Å². The van der Waals surface area contributed by atoms with Crippen molar-refractivity contribution in [3.63, 3.8) is 0 Å². The highest BCUT2D eigenvalue weighted by atomic mass is 19.4. The Bertz CT molecular complexity index is 614. The summed E-state index contributed by atoms with van der Waals surface area (Å²) in [4.78, 5) is 0. The molecule has 3 nitrogen and oxygen atoms in total. The predicted molar refractivity (Wildman–Crippen MR) is 71.1 cm³/mol. The van der Waals surface area contributed by atoms with Crippen molar-refractivity contribution in [2.75, 3.05) is 6.61 Å². The maximum Gasteiger partial charge on any atom is 0.421 e. The summed E-state index contributed by atoms with van der Waals surface area (Å²) >= 11 is 0. The number of ether oxygens (including phenoxy) is 2. The zero-order chi connectivity index (χ0) is 16.3. The quantitative estimate of drug-likeness (QED) is 0.688. The second-order valence-corrected chi connectivity index (χ2v) is 6.53. The summed E-state index contributed by atoms with van der Waals surface area (Å²) in [5.74, 6) is 0.00680. The number of alkyl halides is 3. The van der Waals surface area contributed by atoms with Crippen molar-refractivity contribution < 1.29 is 27.0 Å². The molecule has 1 aromatic carbocycles. The SMILES string of the molecule is CC(C)(CC1(C(F)(F)F)OC1N)c1cc(F)cc2c1OCC2. The molecule has 3 rings (SSSR count). The smallest absolute Gasteiger partial charge is 0.421 e. The number of nitrogens with two attached hydrogens (primary N) is 1. The van der Waals surface area contributed by atoms with Gasteiger partial charge in [-0.25, -0.2) is 4.39 Å². The molecule has 0 spiro atoms. The van der Waals surface area contributed by atoms with E-state index in [0.29, 0.717) is 29.9 Å².